The molecule has 1 N–H and O–H groups in total. The molecule has 0 amide bonds. The van der Waals surface area contributed by atoms with E-state index in [1.54, 1.807) is 13.8 Å². The number of hydrogen-bond donors (Lipinski definition) is 1. The lowest BCUT2D eigenvalue weighted by Crippen LogP contribution is -2.45. The summed E-state index contributed by atoms with van der Waals surface area (Å²) in [5.41, 5.74) is -1.30. The van der Waals surface area contributed by atoms with Gasteiger partial charge in [0, 0.05) is 0 Å². The molecule has 0 saturated heterocycles. The molecule has 1 aliphatic carbocycles. The zero-order chi connectivity index (χ0) is 12.2. The second kappa shape index (κ2) is 5.67. The Morgan fingerprint density at radius 1 is 1.31 bits per heavy atom. The summed E-state index contributed by atoms with van der Waals surface area (Å²) < 4.78 is 4.92. The Hall–Kier alpha value is -0.570. The summed E-state index contributed by atoms with van der Waals surface area (Å²) >= 11 is 0. The zero-order valence-electron chi connectivity index (χ0n) is 10.7. The van der Waals surface area contributed by atoms with Gasteiger partial charge in [-0.15, -0.1) is 0 Å². The number of aliphatic hydroxyl groups is 1. The van der Waals surface area contributed by atoms with Crippen LogP contribution in [-0.4, -0.2) is 23.3 Å². The molecule has 0 aromatic carbocycles. The standard InChI is InChI=1S/C13H24O3/c1-4-10-6-8-11(9-7-10)13(3,15)12(14)16-5-2/h10-11,15H,4-9H2,1-3H3. The molecule has 0 aromatic heterocycles. The van der Waals surface area contributed by atoms with E-state index in [0.717, 1.165) is 31.6 Å². The smallest absolute Gasteiger partial charge is 0.338 e. The third-order valence-electron chi connectivity index (χ3n) is 3.91. The van der Waals surface area contributed by atoms with Gasteiger partial charge in [0.15, 0.2) is 5.60 Å². The van der Waals surface area contributed by atoms with Crippen molar-refractivity contribution in [2.24, 2.45) is 11.8 Å². The average Bonchev–Trinajstić information content (AvgIpc) is 2.29. The summed E-state index contributed by atoms with van der Waals surface area (Å²) in [6.45, 7) is 5.90. The predicted octanol–water partition coefficient (Wildman–Crippen LogP) is 2.52. The van der Waals surface area contributed by atoms with Crippen LogP contribution in [0.3, 0.4) is 0 Å². The lowest BCUT2D eigenvalue weighted by molar-refractivity contribution is -0.170. The minimum Gasteiger partial charge on any atom is -0.464 e. The Morgan fingerprint density at radius 2 is 1.88 bits per heavy atom. The van der Waals surface area contributed by atoms with Crippen LogP contribution in [0.1, 0.15) is 52.9 Å². The van der Waals surface area contributed by atoms with Gasteiger partial charge >= 0.3 is 5.97 Å². The number of rotatable bonds is 4. The van der Waals surface area contributed by atoms with Gasteiger partial charge in [-0.2, -0.15) is 0 Å². The summed E-state index contributed by atoms with van der Waals surface area (Å²) in [5.74, 6) is 0.374. The van der Waals surface area contributed by atoms with Crippen molar-refractivity contribution in [1.29, 1.82) is 0 Å². The maximum atomic E-state index is 11.6. The van der Waals surface area contributed by atoms with Crippen LogP contribution in [0.4, 0.5) is 0 Å². The molecule has 0 bridgehead atoms. The van der Waals surface area contributed by atoms with E-state index in [2.05, 4.69) is 6.92 Å². The largest absolute Gasteiger partial charge is 0.464 e. The van der Waals surface area contributed by atoms with Crippen LogP contribution in [0.2, 0.25) is 0 Å². The molecule has 0 heterocycles. The van der Waals surface area contributed by atoms with Gasteiger partial charge in [-0.3, -0.25) is 0 Å². The van der Waals surface area contributed by atoms with Gasteiger partial charge < -0.3 is 9.84 Å². The highest BCUT2D eigenvalue weighted by Crippen LogP contribution is 2.37. The molecule has 94 valence electrons. The Morgan fingerprint density at radius 3 is 2.31 bits per heavy atom. The van der Waals surface area contributed by atoms with Crippen molar-refractivity contribution < 1.29 is 14.6 Å². The van der Waals surface area contributed by atoms with Gasteiger partial charge in [-0.25, -0.2) is 4.79 Å². The molecule has 16 heavy (non-hydrogen) atoms. The topological polar surface area (TPSA) is 46.5 Å². The molecule has 1 fully saturated rings. The van der Waals surface area contributed by atoms with Crippen molar-refractivity contribution in [1.82, 2.24) is 0 Å². The van der Waals surface area contributed by atoms with E-state index >= 15 is 0 Å². The first-order valence-electron chi connectivity index (χ1n) is 6.41. The minimum absolute atomic E-state index is 0.0642. The van der Waals surface area contributed by atoms with Crippen LogP contribution in [0.15, 0.2) is 0 Å². The second-order valence-corrected chi connectivity index (χ2v) is 4.99. The van der Waals surface area contributed by atoms with Crippen LogP contribution in [0.25, 0.3) is 0 Å². The minimum atomic E-state index is -1.30. The monoisotopic (exact) mass is 228 g/mol. The van der Waals surface area contributed by atoms with Gasteiger partial charge in [0.1, 0.15) is 0 Å². The van der Waals surface area contributed by atoms with Crippen molar-refractivity contribution in [3.63, 3.8) is 0 Å². The molecule has 1 unspecified atom stereocenters. The Labute approximate surface area is 98.2 Å². The predicted molar refractivity (Wildman–Crippen MR) is 63.0 cm³/mol. The van der Waals surface area contributed by atoms with Crippen molar-refractivity contribution in [2.45, 2.75) is 58.5 Å². The molecule has 0 aromatic rings. The van der Waals surface area contributed by atoms with Crippen LogP contribution in [0, 0.1) is 11.8 Å². The van der Waals surface area contributed by atoms with Crippen LogP contribution < -0.4 is 0 Å². The molecular formula is C13H24O3. The van der Waals surface area contributed by atoms with E-state index in [4.69, 9.17) is 4.74 Å². The van der Waals surface area contributed by atoms with E-state index in [1.165, 1.54) is 6.42 Å². The molecular weight excluding hydrogens is 204 g/mol. The van der Waals surface area contributed by atoms with E-state index < -0.39 is 11.6 Å². The van der Waals surface area contributed by atoms with Gasteiger partial charge in [0.25, 0.3) is 0 Å². The van der Waals surface area contributed by atoms with Crippen LogP contribution in [0.5, 0.6) is 0 Å². The number of carbonyl (C=O) groups is 1. The fourth-order valence-corrected chi connectivity index (χ4v) is 2.58. The SMILES string of the molecule is CCOC(=O)C(C)(O)C1CCC(CC)CC1. The third-order valence-corrected chi connectivity index (χ3v) is 3.91. The Kier molecular flexibility index (Phi) is 4.78. The highest BCUT2D eigenvalue weighted by molar-refractivity contribution is 5.79. The first-order valence-corrected chi connectivity index (χ1v) is 6.41. The summed E-state index contributed by atoms with van der Waals surface area (Å²) in [4.78, 5) is 11.6. The van der Waals surface area contributed by atoms with Crippen molar-refractivity contribution in [3.8, 4) is 0 Å². The summed E-state index contributed by atoms with van der Waals surface area (Å²) in [6, 6.07) is 0. The fraction of sp³-hybridized carbons (Fsp3) is 0.923. The molecule has 1 rings (SSSR count). The summed E-state index contributed by atoms with van der Waals surface area (Å²) in [6.07, 6.45) is 5.32. The maximum Gasteiger partial charge on any atom is 0.338 e. The van der Waals surface area contributed by atoms with Crippen LogP contribution >= 0.6 is 0 Å². The molecule has 1 aliphatic rings. The number of esters is 1. The first-order chi connectivity index (χ1) is 7.52. The summed E-state index contributed by atoms with van der Waals surface area (Å²) in [7, 11) is 0. The van der Waals surface area contributed by atoms with E-state index in [9.17, 15) is 9.90 Å². The molecule has 1 saturated carbocycles. The molecule has 1 atom stereocenters. The Bertz CT molecular complexity index is 227. The van der Waals surface area contributed by atoms with E-state index in [-0.39, 0.29) is 5.92 Å². The molecule has 3 nitrogen and oxygen atoms in total. The first kappa shape index (κ1) is 13.5. The van der Waals surface area contributed by atoms with Gasteiger partial charge in [0.2, 0.25) is 0 Å². The number of carbonyl (C=O) groups excluding carboxylic acids is 1. The normalized spacial score (nSPS) is 29.5. The van der Waals surface area contributed by atoms with E-state index in [0.29, 0.717) is 6.61 Å². The van der Waals surface area contributed by atoms with Crippen LogP contribution in [-0.2, 0) is 9.53 Å². The number of hydrogen-bond acceptors (Lipinski definition) is 3. The lowest BCUT2D eigenvalue weighted by Gasteiger charge is -2.36. The zero-order valence-corrected chi connectivity index (χ0v) is 10.7. The quantitative estimate of drug-likeness (QED) is 0.752. The van der Waals surface area contributed by atoms with Gasteiger partial charge in [0.05, 0.1) is 6.61 Å². The van der Waals surface area contributed by atoms with E-state index in [1.807, 2.05) is 0 Å². The fourth-order valence-electron chi connectivity index (χ4n) is 2.58. The third kappa shape index (κ3) is 2.97. The molecule has 0 radical (unpaired) electrons. The highest BCUT2D eigenvalue weighted by Gasteiger charge is 2.41. The second-order valence-electron chi connectivity index (χ2n) is 4.99. The Balaban J connectivity index is 2.53. The molecule has 0 spiro atoms. The lowest BCUT2D eigenvalue weighted by atomic mass is 9.73. The molecule has 0 aliphatic heterocycles. The highest BCUT2D eigenvalue weighted by atomic mass is 16.5. The average molecular weight is 228 g/mol. The number of ether oxygens (including phenoxy) is 1. The van der Waals surface area contributed by atoms with Gasteiger partial charge in [-0.05, 0) is 38.5 Å². The van der Waals surface area contributed by atoms with Crippen molar-refractivity contribution in [2.75, 3.05) is 6.61 Å². The van der Waals surface area contributed by atoms with Crippen molar-refractivity contribution in [3.05, 3.63) is 0 Å². The summed E-state index contributed by atoms with van der Waals surface area (Å²) in [5, 5.41) is 10.2. The maximum absolute atomic E-state index is 11.6. The van der Waals surface area contributed by atoms with Crippen molar-refractivity contribution >= 4 is 5.97 Å². The van der Waals surface area contributed by atoms with Gasteiger partial charge in [-0.1, -0.05) is 26.2 Å². The molecule has 3 heteroatoms.